The van der Waals surface area contributed by atoms with Crippen molar-refractivity contribution in [1.29, 1.82) is 0 Å². The van der Waals surface area contributed by atoms with Crippen molar-refractivity contribution in [2.45, 2.75) is 26.7 Å². The van der Waals surface area contributed by atoms with Crippen LogP contribution in [-0.4, -0.2) is 24.9 Å². The molecule has 0 fully saturated rings. The molecule has 10 nitrogen and oxygen atoms in total. The third-order valence-corrected chi connectivity index (χ3v) is 17.9. The van der Waals surface area contributed by atoms with Gasteiger partial charge in [0.05, 0.1) is 6.20 Å². The Morgan fingerprint density at radius 2 is 0.737 bits per heavy atom. The lowest BCUT2D eigenvalue weighted by molar-refractivity contribution is 0.654. The molecular weight excluding hydrogens is 1220 g/mol. The zero-order chi connectivity index (χ0) is 66.6. The summed E-state index contributed by atoms with van der Waals surface area (Å²) in [6.07, 6.45) is 14.5. The maximum atomic E-state index is 6.32. The Morgan fingerprint density at radius 1 is 0.263 bits per heavy atom. The molecule has 10 heteroatoms. The molecule has 10 aromatic heterocycles. The molecule has 0 unspecified atom stereocenters. The minimum atomic E-state index is 0.426. The summed E-state index contributed by atoms with van der Waals surface area (Å²) in [7, 11) is 0. The third-order valence-electron chi connectivity index (χ3n) is 17.9. The lowest BCUT2D eigenvalue weighted by atomic mass is 10.00. The van der Waals surface area contributed by atoms with Gasteiger partial charge in [-0.1, -0.05) is 207 Å². The number of hydrogen-bond acceptors (Lipinski definition) is 10. The summed E-state index contributed by atoms with van der Waals surface area (Å²) in [5.74, 6) is 0.426. The SMILES string of the molecule is Cc1ccc(-c2cncc3c2oc2c(C(C)C)cccc23)cc1.c1ccc(-c2ccc3oc4cccnc4c3c2)cc1.c1ccc(-c2ccc3oc4ccncc4c3c2)cc1.c1ccc(-c2ccc3oc4cnccc4c3c2)cc1.c1ccc(-c2ccc3oc4ncccc4c3c2)cc1. The molecule has 474 valence electrons. The number of aryl methyl sites for hydroxylation is 1. The van der Waals surface area contributed by atoms with Gasteiger partial charge in [-0.05, 0) is 153 Å². The summed E-state index contributed by atoms with van der Waals surface area (Å²) >= 11 is 0. The summed E-state index contributed by atoms with van der Waals surface area (Å²) < 4.78 is 29.4. The van der Waals surface area contributed by atoms with E-state index >= 15 is 0 Å². The molecular formula is C89H63N5O5. The molecule has 0 radical (unpaired) electrons. The van der Waals surface area contributed by atoms with Crippen LogP contribution >= 0.6 is 0 Å². The molecule has 0 saturated heterocycles. The predicted molar refractivity (Wildman–Crippen MR) is 404 cm³/mol. The fraction of sp³-hybridized carbons (Fsp3) is 0.0449. The van der Waals surface area contributed by atoms with Gasteiger partial charge < -0.3 is 22.1 Å². The fourth-order valence-electron chi connectivity index (χ4n) is 12.8. The maximum absolute atomic E-state index is 6.32. The van der Waals surface area contributed by atoms with E-state index in [2.05, 4.69) is 222 Å². The summed E-state index contributed by atoms with van der Waals surface area (Å²) in [6, 6.07) is 93.1. The summed E-state index contributed by atoms with van der Waals surface area (Å²) in [6.45, 7) is 6.49. The van der Waals surface area contributed by atoms with E-state index in [9.17, 15) is 0 Å². The number of para-hydroxylation sites is 1. The van der Waals surface area contributed by atoms with Crippen LogP contribution in [-0.2, 0) is 0 Å². The lowest BCUT2D eigenvalue weighted by Crippen LogP contribution is -1.86. The molecule has 0 atom stereocenters. The van der Waals surface area contributed by atoms with E-state index in [0.717, 1.165) is 115 Å². The average molecular weight is 1280 g/mol. The molecule has 99 heavy (non-hydrogen) atoms. The minimum Gasteiger partial charge on any atom is -0.456 e. The van der Waals surface area contributed by atoms with Crippen molar-refractivity contribution in [3.05, 3.63) is 334 Å². The Balaban J connectivity index is 0.0000000967. The Morgan fingerprint density at radius 3 is 1.35 bits per heavy atom. The Hall–Kier alpha value is -13.1. The van der Waals surface area contributed by atoms with Crippen LogP contribution in [0.3, 0.4) is 0 Å². The van der Waals surface area contributed by atoms with E-state index in [1.165, 1.54) is 55.6 Å². The molecule has 0 aliphatic heterocycles. The van der Waals surface area contributed by atoms with Crippen LogP contribution in [0.4, 0.5) is 0 Å². The van der Waals surface area contributed by atoms with Crippen molar-refractivity contribution < 1.29 is 22.1 Å². The second kappa shape index (κ2) is 27.0. The van der Waals surface area contributed by atoms with E-state index in [0.29, 0.717) is 11.6 Å². The molecule has 20 aromatic rings. The second-order valence-electron chi connectivity index (χ2n) is 24.6. The van der Waals surface area contributed by atoms with Crippen molar-refractivity contribution >= 4 is 110 Å². The molecule has 10 aromatic carbocycles. The largest absolute Gasteiger partial charge is 0.456 e. The molecule has 0 N–H and O–H groups in total. The van der Waals surface area contributed by atoms with E-state index in [4.69, 9.17) is 22.1 Å². The zero-order valence-corrected chi connectivity index (χ0v) is 54.5. The topological polar surface area (TPSA) is 130 Å². The van der Waals surface area contributed by atoms with Crippen molar-refractivity contribution in [3.63, 3.8) is 0 Å². The van der Waals surface area contributed by atoms with Gasteiger partial charge >= 0.3 is 0 Å². The van der Waals surface area contributed by atoms with Gasteiger partial charge in [0.25, 0.3) is 0 Å². The number of benzene rings is 10. The first-order chi connectivity index (χ1) is 48.8. The third kappa shape index (κ3) is 12.4. The maximum Gasteiger partial charge on any atom is 0.227 e. The van der Waals surface area contributed by atoms with Crippen molar-refractivity contribution in [2.75, 3.05) is 0 Å². The van der Waals surface area contributed by atoms with Gasteiger partial charge in [0.1, 0.15) is 44.6 Å². The van der Waals surface area contributed by atoms with Crippen LogP contribution in [0.25, 0.3) is 166 Å². The van der Waals surface area contributed by atoms with Crippen LogP contribution in [0.5, 0.6) is 0 Å². The lowest BCUT2D eigenvalue weighted by Gasteiger charge is -2.04. The molecule has 0 aliphatic rings. The van der Waals surface area contributed by atoms with Gasteiger partial charge in [0.2, 0.25) is 5.71 Å². The van der Waals surface area contributed by atoms with Gasteiger partial charge in [-0.2, -0.15) is 0 Å². The number of pyridine rings is 5. The number of hydrogen-bond donors (Lipinski definition) is 0. The van der Waals surface area contributed by atoms with Gasteiger partial charge in [-0.3, -0.25) is 19.9 Å². The molecule has 0 aliphatic carbocycles. The Labute approximate surface area is 569 Å². The van der Waals surface area contributed by atoms with E-state index in [1.807, 2.05) is 116 Å². The molecule has 10 heterocycles. The monoisotopic (exact) mass is 1280 g/mol. The van der Waals surface area contributed by atoms with E-state index in [1.54, 1.807) is 31.0 Å². The minimum absolute atomic E-state index is 0.426. The first kappa shape index (κ1) is 60.9. The highest BCUT2D eigenvalue weighted by atomic mass is 16.3. The van der Waals surface area contributed by atoms with Crippen LogP contribution in [0.1, 0.15) is 30.9 Å². The van der Waals surface area contributed by atoms with E-state index in [-0.39, 0.29) is 0 Å². The first-order valence-corrected chi connectivity index (χ1v) is 33.0. The van der Waals surface area contributed by atoms with Gasteiger partial charge in [-0.15, -0.1) is 0 Å². The van der Waals surface area contributed by atoms with Gasteiger partial charge in [-0.25, -0.2) is 4.98 Å². The first-order valence-electron chi connectivity index (χ1n) is 33.0. The van der Waals surface area contributed by atoms with Crippen molar-refractivity contribution in [2.24, 2.45) is 0 Å². The standard InChI is InChI=1S/C21H19NO.4C17H11NO/c1-13(2)16-5-4-6-17-19-12-22-11-18(21(19)23-20(16)17)15-9-7-14(3)8-10-15;1-2-5-12(6-3-1)13-8-9-15-14(11-13)17-16(19-15)7-4-10-18-17;1-2-5-12(6-3-1)13-8-9-16-15(11-13)14-7-4-10-18-17(14)19-16;1-2-4-12(5-3-1)13-6-7-16-14(10-13)15-11-18-9-8-17(15)19-16;1-2-4-12(5-3-1)13-6-7-16-15(10-13)14-8-9-18-11-17(14)19-16/h4-13H,1-3H3;4*1-11H. The Bertz CT molecular complexity index is 5620. The highest BCUT2D eigenvalue weighted by Crippen LogP contribution is 2.40. The number of fused-ring (bicyclic) bond motifs is 15. The van der Waals surface area contributed by atoms with E-state index < -0.39 is 0 Å². The molecule has 20 rings (SSSR count). The summed E-state index contributed by atoms with van der Waals surface area (Å²) in [4.78, 5) is 21.4. The Kier molecular flexibility index (Phi) is 16.6. The normalized spacial score (nSPS) is 11.3. The number of nitrogens with zero attached hydrogens (tertiary/aromatic N) is 5. The zero-order valence-electron chi connectivity index (χ0n) is 54.5. The second-order valence-corrected chi connectivity index (χ2v) is 24.6. The van der Waals surface area contributed by atoms with Gasteiger partial charge in [0, 0.05) is 97.4 Å². The summed E-state index contributed by atoms with van der Waals surface area (Å²) in [5.41, 5.74) is 24.0. The molecule has 0 amide bonds. The van der Waals surface area contributed by atoms with Gasteiger partial charge in [0.15, 0.2) is 11.2 Å². The number of rotatable bonds is 6. The van der Waals surface area contributed by atoms with Crippen LogP contribution in [0.15, 0.2) is 345 Å². The van der Waals surface area contributed by atoms with Crippen LogP contribution < -0.4 is 0 Å². The quantitative estimate of drug-likeness (QED) is 0.159. The highest BCUT2D eigenvalue weighted by Gasteiger charge is 2.18. The summed E-state index contributed by atoms with van der Waals surface area (Å²) in [5, 5.41) is 9.91. The number of furan rings is 5. The smallest absolute Gasteiger partial charge is 0.227 e. The van der Waals surface area contributed by atoms with Crippen LogP contribution in [0.2, 0.25) is 0 Å². The highest BCUT2D eigenvalue weighted by molar-refractivity contribution is 6.11. The molecule has 0 saturated carbocycles. The van der Waals surface area contributed by atoms with Crippen molar-refractivity contribution in [3.8, 4) is 55.6 Å². The fourth-order valence-corrected chi connectivity index (χ4v) is 12.8. The average Bonchev–Trinajstić information content (AvgIpc) is 1.64. The van der Waals surface area contributed by atoms with Crippen molar-refractivity contribution in [1.82, 2.24) is 24.9 Å². The molecule has 0 spiro atoms. The van der Waals surface area contributed by atoms with Crippen LogP contribution in [0, 0.1) is 6.92 Å². The number of aromatic nitrogens is 5. The molecule has 0 bridgehead atoms. The predicted octanol–water partition coefficient (Wildman–Crippen LogP) is 24.7.